The third kappa shape index (κ3) is 3.44. The molecule has 4 rings (SSSR count). The summed E-state index contributed by atoms with van der Waals surface area (Å²) in [5.74, 6) is -0.590. The van der Waals surface area contributed by atoms with E-state index in [1.165, 1.54) is 30.3 Å². The van der Waals surface area contributed by atoms with Crippen LogP contribution in [0, 0.1) is 5.82 Å². The van der Waals surface area contributed by atoms with Crippen molar-refractivity contribution in [2.75, 3.05) is 0 Å². The molecule has 0 aliphatic carbocycles. The number of hydrogen-bond acceptors (Lipinski definition) is 4. The van der Waals surface area contributed by atoms with Crippen LogP contribution in [-0.4, -0.2) is 8.42 Å². The van der Waals surface area contributed by atoms with Gasteiger partial charge in [0.1, 0.15) is 16.3 Å². The van der Waals surface area contributed by atoms with Crippen molar-refractivity contribution in [3.63, 3.8) is 0 Å². The van der Waals surface area contributed by atoms with Gasteiger partial charge >= 0.3 is 0 Å². The number of para-hydroxylation sites is 1. The largest absolute Gasteiger partial charge is 0.437 e. The summed E-state index contributed by atoms with van der Waals surface area (Å²) in [6.45, 7) is 0. The van der Waals surface area contributed by atoms with Crippen LogP contribution in [0.4, 0.5) is 10.1 Å². The van der Waals surface area contributed by atoms with E-state index in [-0.39, 0.29) is 26.1 Å². The molecule has 0 aliphatic heterocycles. The van der Waals surface area contributed by atoms with Gasteiger partial charge in [-0.15, -0.1) is 0 Å². The highest BCUT2D eigenvalue weighted by Gasteiger charge is 2.22. The third-order valence-electron chi connectivity index (χ3n) is 4.10. The molecule has 0 aliphatic rings. The highest BCUT2D eigenvalue weighted by Crippen LogP contribution is 2.24. The van der Waals surface area contributed by atoms with Crippen LogP contribution in [0.25, 0.3) is 11.0 Å². The van der Waals surface area contributed by atoms with Crippen molar-refractivity contribution in [1.29, 1.82) is 0 Å². The number of fused-ring (bicyclic) bond motifs is 1. The molecule has 4 nitrogen and oxygen atoms in total. The zero-order valence-corrected chi connectivity index (χ0v) is 15.9. The molecule has 0 radical (unpaired) electrons. The Morgan fingerprint density at radius 2 is 1.61 bits per heavy atom. The number of halogens is 2. The first-order valence-electron chi connectivity index (χ1n) is 8.28. The van der Waals surface area contributed by atoms with Gasteiger partial charge in [-0.3, -0.25) is 0 Å². The zero-order chi connectivity index (χ0) is 19.7. The molecule has 140 valence electrons. The van der Waals surface area contributed by atoms with Crippen molar-refractivity contribution in [2.45, 2.75) is 9.79 Å². The van der Waals surface area contributed by atoms with E-state index in [0.29, 0.717) is 11.0 Å². The highest BCUT2D eigenvalue weighted by atomic mass is 35.5. The lowest BCUT2D eigenvalue weighted by Gasteiger charge is -2.07. The van der Waals surface area contributed by atoms with Gasteiger partial charge in [-0.25, -0.2) is 17.8 Å². The first kappa shape index (κ1) is 18.4. The fraction of sp³-hybridized carbons (Fsp3) is 0. The lowest BCUT2D eigenvalue weighted by Crippen LogP contribution is -2.15. The highest BCUT2D eigenvalue weighted by molar-refractivity contribution is 7.91. The Morgan fingerprint density at radius 1 is 0.893 bits per heavy atom. The Hall–Kier alpha value is -2.96. The average molecular weight is 414 g/mol. The molecule has 1 aromatic heterocycles. The molecular formula is C21H13ClFNO3S. The summed E-state index contributed by atoms with van der Waals surface area (Å²) in [6.07, 6.45) is 0. The maximum Gasteiger partial charge on any atom is 0.239 e. The van der Waals surface area contributed by atoms with Crippen LogP contribution in [0.1, 0.15) is 0 Å². The monoisotopic (exact) mass is 413 g/mol. The third-order valence-corrected chi connectivity index (χ3v) is 6.15. The lowest BCUT2D eigenvalue weighted by atomic mass is 10.2. The quantitative estimate of drug-likeness (QED) is 0.458. The van der Waals surface area contributed by atoms with Crippen molar-refractivity contribution in [3.05, 3.63) is 95.3 Å². The van der Waals surface area contributed by atoms with E-state index in [4.69, 9.17) is 16.0 Å². The molecule has 3 aromatic carbocycles. The molecule has 0 atom stereocenters. The van der Waals surface area contributed by atoms with E-state index < -0.39 is 15.7 Å². The van der Waals surface area contributed by atoms with Crippen LogP contribution < -0.4 is 5.55 Å². The summed E-state index contributed by atoms with van der Waals surface area (Å²) in [5, 5.41) is 0.502. The molecule has 28 heavy (non-hydrogen) atoms. The summed E-state index contributed by atoms with van der Waals surface area (Å²) in [6, 6.07) is 20.4. The Bertz CT molecular complexity index is 1350. The summed E-state index contributed by atoms with van der Waals surface area (Å²) in [7, 11) is -3.89. The van der Waals surface area contributed by atoms with Gasteiger partial charge in [0.15, 0.2) is 0 Å². The molecule has 0 spiro atoms. The molecule has 0 bridgehead atoms. The first-order valence-corrected chi connectivity index (χ1v) is 10.1. The topological polar surface area (TPSA) is 59.6 Å². The van der Waals surface area contributed by atoms with E-state index in [2.05, 4.69) is 4.99 Å². The predicted octanol–water partition coefficient (Wildman–Crippen LogP) is 5.29. The molecular weight excluding hydrogens is 401 g/mol. The van der Waals surface area contributed by atoms with E-state index in [1.54, 1.807) is 42.5 Å². The Balaban J connectivity index is 2.03. The van der Waals surface area contributed by atoms with Gasteiger partial charge in [0, 0.05) is 5.39 Å². The lowest BCUT2D eigenvalue weighted by molar-refractivity contribution is 0.517. The maximum absolute atomic E-state index is 13.4. The fourth-order valence-corrected chi connectivity index (χ4v) is 4.26. The Morgan fingerprint density at radius 3 is 2.36 bits per heavy atom. The first-order chi connectivity index (χ1) is 13.4. The second-order valence-electron chi connectivity index (χ2n) is 5.98. The minimum atomic E-state index is -3.89. The minimum Gasteiger partial charge on any atom is -0.437 e. The van der Waals surface area contributed by atoms with Gasteiger partial charge in [-0.05, 0) is 42.5 Å². The second kappa shape index (κ2) is 7.22. The Labute approximate surface area is 165 Å². The molecule has 1 heterocycles. The van der Waals surface area contributed by atoms with Gasteiger partial charge in [0.2, 0.25) is 15.4 Å². The van der Waals surface area contributed by atoms with Crippen molar-refractivity contribution in [1.82, 2.24) is 0 Å². The summed E-state index contributed by atoms with van der Waals surface area (Å²) < 4.78 is 45.6. The average Bonchev–Trinajstić information content (AvgIpc) is 2.71. The van der Waals surface area contributed by atoms with Gasteiger partial charge in [0.05, 0.1) is 15.6 Å². The van der Waals surface area contributed by atoms with Crippen LogP contribution >= 0.6 is 11.6 Å². The fourth-order valence-electron chi connectivity index (χ4n) is 2.72. The molecule has 0 saturated carbocycles. The SMILES string of the molecule is O=S(=O)(c1ccccc1)c1cc2ccccc2oc1=Nc1ccc(F)c(Cl)c1. The van der Waals surface area contributed by atoms with Crippen LogP contribution in [0.2, 0.25) is 5.02 Å². The van der Waals surface area contributed by atoms with Crippen molar-refractivity contribution in [3.8, 4) is 0 Å². The maximum atomic E-state index is 13.4. The number of hydrogen-bond donors (Lipinski definition) is 0. The molecule has 0 amide bonds. The summed E-state index contributed by atoms with van der Waals surface area (Å²) in [4.78, 5) is 4.32. The molecule has 4 aromatic rings. The molecule has 7 heteroatoms. The minimum absolute atomic E-state index is 0.0853. The van der Waals surface area contributed by atoms with Crippen LogP contribution in [0.15, 0.2) is 98.1 Å². The molecule has 0 unspecified atom stereocenters. The van der Waals surface area contributed by atoms with E-state index in [9.17, 15) is 12.8 Å². The van der Waals surface area contributed by atoms with E-state index in [1.807, 2.05) is 0 Å². The van der Waals surface area contributed by atoms with Crippen LogP contribution in [0.5, 0.6) is 0 Å². The molecule has 0 N–H and O–H groups in total. The van der Waals surface area contributed by atoms with Gasteiger partial charge in [-0.1, -0.05) is 48.0 Å². The number of benzene rings is 3. The normalized spacial score (nSPS) is 12.4. The summed E-state index contributed by atoms with van der Waals surface area (Å²) in [5.41, 5.74) is 0.640. The van der Waals surface area contributed by atoms with Crippen molar-refractivity contribution in [2.24, 2.45) is 4.99 Å². The van der Waals surface area contributed by atoms with Crippen molar-refractivity contribution >= 4 is 38.1 Å². The van der Waals surface area contributed by atoms with Gasteiger partial charge in [-0.2, -0.15) is 0 Å². The molecule has 0 saturated heterocycles. The summed E-state index contributed by atoms with van der Waals surface area (Å²) >= 11 is 5.82. The number of sulfone groups is 1. The standard InChI is InChI=1S/C21H13ClFNO3S/c22-17-13-15(10-11-18(17)23)24-21-20(12-14-6-4-5-9-19(14)27-21)28(25,26)16-7-2-1-3-8-16/h1-13H. The smallest absolute Gasteiger partial charge is 0.239 e. The van der Waals surface area contributed by atoms with Gasteiger partial charge < -0.3 is 4.42 Å². The van der Waals surface area contributed by atoms with Gasteiger partial charge in [0.25, 0.3) is 0 Å². The Kier molecular flexibility index (Phi) is 4.75. The predicted molar refractivity (Wildman–Crippen MR) is 105 cm³/mol. The van der Waals surface area contributed by atoms with Crippen LogP contribution in [0.3, 0.4) is 0 Å². The van der Waals surface area contributed by atoms with E-state index in [0.717, 1.165) is 6.07 Å². The van der Waals surface area contributed by atoms with Crippen molar-refractivity contribution < 1.29 is 17.2 Å². The number of rotatable bonds is 3. The number of nitrogens with zero attached hydrogens (tertiary/aromatic N) is 1. The second-order valence-corrected chi connectivity index (χ2v) is 8.31. The zero-order valence-electron chi connectivity index (χ0n) is 14.3. The van der Waals surface area contributed by atoms with Crippen LogP contribution in [-0.2, 0) is 9.84 Å². The van der Waals surface area contributed by atoms with E-state index >= 15 is 0 Å². The molecule has 0 fully saturated rings.